The fourth-order valence-corrected chi connectivity index (χ4v) is 6.05. The fraction of sp³-hybridized carbons (Fsp3) is 0.391. The van der Waals surface area contributed by atoms with Gasteiger partial charge in [0, 0.05) is 20.1 Å². The second-order valence-electron chi connectivity index (χ2n) is 7.65. The molecule has 2 aromatic carbocycles. The summed E-state index contributed by atoms with van der Waals surface area (Å²) < 4.78 is 33.0. The fourth-order valence-electron chi connectivity index (χ4n) is 3.50. The van der Waals surface area contributed by atoms with Crippen LogP contribution in [0.1, 0.15) is 29.5 Å². The summed E-state index contributed by atoms with van der Waals surface area (Å²) in [5.41, 5.74) is 4.09. The number of amides is 1. The predicted molar refractivity (Wildman–Crippen MR) is 125 cm³/mol. The number of aryl methyl sites for hydroxylation is 2. The average Bonchev–Trinajstić information content (AvgIpc) is 3.03. The molecule has 3 rings (SSSR count). The highest BCUT2D eigenvalue weighted by atomic mass is 32.2. The van der Waals surface area contributed by atoms with Gasteiger partial charge in [-0.3, -0.25) is 4.79 Å². The zero-order chi connectivity index (χ0) is 22.4. The van der Waals surface area contributed by atoms with Crippen molar-refractivity contribution < 1.29 is 17.9 Å². The van der Waals surface area contributed by atoms with Crippen LogP contribution in [0.5, 0.6) is 0 Å². The zero-order valence-corrected chi connectivity index (χ0v) is 19.8. The van der Waals surface area contributed by atoms with Gasteiger partial charge in [0.25, 0.3) is 0 Å². The predicted octanol–water partition coefficient (Wildman–Crippen LogP) is 3.79. The van der Waals surface area contributed by atoms with Crippen LogP contribution in [0.25, 0.3) is 10.2 Å². The van der Waals surface area contributed by atoms with E-state index in [1.54, 1.807) is 19.2 Å². The average molecular weight is 461 g/mol. The van der Waals surface area contributed by atoms with Gasteiger partial charge in [0.05, 0.1) is 28.3 Å². The lowest BCUT2D eigenvalue weighted by atomic mass is 10.1. The Labute approximate surface area is 187 Å². The Morgan fingerprint density at radius 2 is 1.90 bits per heavy atom. The molecule has 0 bridgehead atoms. The Kier molecular flexibility index (Phi) is 7.80. The third-order valence-corrected chi connectivity index (χ3v) is 7.84. The Hall–Kier alpha value is -2.29. The minimum Gasteiger partial charge on any atom is -0.383 e. The maximum atomic E-state index is 12.5. The first-order valence-electron chi connectivity index (χ1n) is 10.2. The monoisotopic (exact) mass is 460 g/mol. The number of methoxy groups -OCH3 is 1. The Balaban J connectivity index is 1.73. The van der Waals surface area contributed by atoms with E-state index in [1.807, 2.05) is 29.7 Å². The lowest BCUT2D eigenvalue weighted by molar-refractivity contribution is -0.118. The van der Waals surface area contributed by atoms with E-state index in [9.17, 15) is 13.2 Å². The molecule has 0 spiro atoms. The molecule has 0 saturated carbocycles. The number of carbonyl (C=O) groups is 1. The van der Waals surface area contributed by atoms with E-state index in [4.69, 9.17) is 4.74 Å². The van der Waals surface area contributed by atoms with E-state index >= 15 is 0 Å². The summed E-state index contributed by atoms with van der Waals surface area (Å²) in [7, 11) is -1.62. The molecule has 1 heterocycles. The second-order valence-corrected chi connectivity index (χ2v) is 10.8. The molecule has 31 heavy (non-hydrogen) atoms. The summed E-state index contributed by atoms with van der Waals surface area (Å²) >= 11 is 1.48. The third-order valence-electron chi connectivity index (χ3n) is 4.93. The molecule has 0 aliphatic heterocycles. The molecule has 0 fully saturated rings. The first-order chi connectivity index (χ1) is 14.8. The van der Waals surface area contributed by atoms with Gasteiger partial charge in [-0.2, -0.15) is 4.99 Å². The lowest BCUT2D eigenvalue weighted by Gasteiger charge is -2.06. The largest absolute Gasteiger partial charge is 0.383 e. The molecule has 0 unspecified atom stereocenters. The number of carbonyl (C=O) groups excluding carboxylic acids is 1. The number of sulfone groups is 1. The van der Waals surface area contributed by atoms with Crippen molar-refractivity contribution in [1.29, 1.82) is 0 Å². The smallest absolute Gasteiger partial charge is 0.248 e. The van der Waals surface area contributed by atoms with Crippen LogP contribution in [0.4, 0.5) is 0 Å². The minimum absolute atomic E-state index is 0.00880. The van der Waals surface area contributed by atoms with Gasteiger partial charge in [0.1, 0.15) is 0 Å². The molecule has 0 aliphatic rings. The normalized spacial score (nSPS) is 12.5. The highest BCUT2D eigenvalue weighted by Gasteiger charge is 2.14. The molecule has 0 aliphatic carbocycles. The van der Waals surface area contributed by atoms with Gasteiger partial charge in [-0.25, -0.2) is 8.42 Å². The Morgan fingerprint density at radius 3 is 2.61 bits per heavy atom. The second kappa shape index (κ2) is 10.3. The summed E-state index contributed by atoms with van der Waals surface area (Å²) in [6.07, 6.45) is 0.364. The molecule has 1 aromatic heterocycles. The van der Waals surface area contributed by atoms with Gasteiger partial charge in [-0.1, -0.05) is 47.7 Å². The first-order valence-corrected chi connectivity index (χ1v) is 12.8. The van der Waals surface area contributed by atoms with Crippen molar-refractivity contribution in [1.82, 2.24) is 4.57 Å². The standard InChI is InChI=1S/C23H28N2O4S2/c1-17-14-18(2)22-20(15-17)25(11-12-29-3)23(30-22)24-21(26)10-7-13-31(27,28)16-19-8-5-4-6-9-19/h4-6,8-9,14-15H,7,10-13,16H2,1-3H3. The van der Waals surface area contributed by atoms with E-state index in [1.165, 1.54) is 11.3 Å². The van der Waals surface area contributed by atoms with E-state index in [2.05, 4.69) is 24.0 Å². The first kappa shape index (κ1) is 23.4. The minimum atomic E-state index is -3.27. The molecule has 166 valence electrons. The topological polar surface area (TPSA) is 77.7 Å². The van der Waals surface area contributed by atoms with Crippen LogP contribution in [0.3, 0.4) is 0 Å². The van der Waals surface area contributed by atoms with E-state index < -0.39 is 9.84 Å². The summed E-state index contributed by atoms with van der Waals surface area (Å²) in [5.74, 6) is -0.343. The number of nitrogens with zero attached hydrogens (tertiary/aromatic N) is 2. The van der Waals surface area contributed by atoms with E-state index in [-0.39, 0.29) is 30.3 Å². The molecule has 1 amide bonds. The number of benzene rings is 2. The number of thiazole rings is 1. The van der Waals surface area contributed by atoms with Crippen LogP contribution in [-0.2, 0) is 31.7 Å². The van der Waals surface area contributed by atoms with Crippen molar-refractivity contribution >= 4 is 37.3 Å². The Morgan fingerprint density at radius 1 is 1.16 bits per heavy atom. The maximum absolute atomic E-state index is 12.5. The number of fused-ring (bicyclic) bond motifs is 1. The van der Waals surface area contributed by atoms with Crippen LogP contribution >= 0.6 is 11.3 Å². The van der Waals surface area contributed by atoms with Gasteiger partial charge in [0.2, 0.25) is 5.91 Å². The van der Waals surface area contributed by atoms with Crippen LogP contribution in [0.2, 0.25) is 0 Å². The van der Waals surface area contributed by atoms with Crippen LogP contribution in [-0.4, -0.2) is 38.4 Å². The maximum Gasteiger partial charge on any atom is 0.248 e. The van der Waals surface area contributed by atoms with Crippen LogP contribution in [0.15, 0.2) is 47.5 Å². The molecule has 0 atom stereocenters. The van der Waals surface area contributed by atoms with Gasteiger partial charge in [-0.05, 0) is 43.0 Å². The number of hydrogen-bond acceptors (Lipinski definition) is 5. The van der Waals surface area contributed by atoms with Gasteiger partial charge >= 0.3 is 0 Å². The summed E-state index contributed by atoms with van der Waals surface area (Å²) in [5, 5.41) is 0. The van der Waals surface area contributed by atoms with Crippen molar-refractivity contribution in [2.75, 3.05) is 19.5 Å². The SMILES string of the molecule is COCCn1c(=NC(=O)CCCS(=O)(=O)Cc2ccccc2)sc2c(C)cc(C)cc21. The molecular formula is C23H28N2O4S2. The van der Waals surface area contributed by atoms with Crippen LogP contribution < -0.4 is 4.80 Å². The van der Waals surface area contributed by atoms with Crippen molar-refractivity contribution in [3.63, 3.8) is 0 Å². The molecule has 0 saturated heterocycles. The number of ether oxygens (including phenoxy) is 1. The highest BCUT2D eigenvalue weighted by Crippen LogP contribution is 2.23. The molecule has 8 heteroatoms. The lowest BCUT2D eigenvalue weighted by Crippen LogP contribution is -2.19. The number of aromatic nitrogens is 1. The van der Waals surface area contributed by atoms with Crippen molar-refractivity contribution in [3.8, 4) is 0 Å². The number of hydrogen-bond donors (Lipinski definition) is 0. The van der Waals surface area contributed by atoms with Crippen molar-refractivity contribution in [3.05, 3.63) is 64.0 Å². The molecule has 0 N–H and O–H groups in total. The van der Waals surface area contributed by atoms with Gasteiger partial charge < -0.3 is 9.30 Å². The summed E-state index contributed by atoms with van der Waals surface area (Å²) in [4.78, 5) is 17.5. The summed E-state index contributed by atoms with van der Waals surface area (Å²) in [6.45, 7) is 5.20. The Bertz CT molecular complexity index is 1230. The van der Waals surface area contributed by atoms with Crippen molar-refractivity contribution in [2.45, 2.75) is 39.0 Å². The highest BCUT2D eigenvalue weighted by molar-refractivity contribution is 7.90. The molecule has 3 aromatic rings. The number of rotatable bonds is 9. The zero-order valence-electron chi connectivity index (χ0n) is 18.1. The van der Waals surface area contributed by atoms with E-state index in [0.29, 0.717) is 18.0 Å². The summed E-state index contributed by atoms with van der Waals surface area (Å²) in [6, 6.07) is 13.3. The van der Waals surface area contributed by atoms with Gasteiger partial charge in [0.15, 0.2) is 14.6 Å². The molecule has 0 radical (unpaired) electrons. The quantitative estimate of drug-likeness (QED) is 0.487. The van der Waals surface area contributed by atoms with Crippen molar-refractivity contribution in [2.24, 2.45) is 4.99 Å². The van der Waals surface area contributed by atoms with E-state index in [0.717, 1.165) is 26.9 Å². The van der Waals surface area contributed by atoms with Crippen LogP contribution in [0, 0.1) is 13.8 Å². The molecule has 6 nitrogen and oxygen atoms in total. The molecular weight excluding hydrogens is 432 g/mol. The van der Waals surface area contributed by atoms with Gasteiger partial charge in [-0.15, -0.1) is 0 Å². The third kappa shape index (κ3) is 6.35.